The summed E-state index contributed by atoms with van der Waals surface area (Å²) in [5.74, 6) is -0.865. The third-order valence-electron chi connectivity index (χ3n) is 3.68. The molecule has 0 rings (SSSR count). The lowest BCUT2D eigenvalue weighted by atomic mass is 10.4. The summed E-state index contributed by atoms with van der Waals surface area (Å²) in [5.41, 5.74) is 0.441. The van der Waals surface area contributed by atoms with Crippen LogP contribution in [0.5, 0.6) is 0 Å². The smallest absolute Gasteiger partial charge is 0.333 e. The van der Waals surface area contributed by atoms with Crippen LogP contribution in [0, 0.1) is 0 Å². The van der Waals surface area contributed by atoms with Gasteiger partial charge in [0, 0.05) is 5.57 Å². The van der Waals surface area contributed by atoms with Gasteiger partial charge in [0.2, 0.25) is 0 Å². The molecule has 0 amide bonds. The largest absolute Gasteiger partial charge is 0.462 e. The average Bonchev–Trinajstić information content (AvgIpc) is 2.38. The maximum absolute atomic E-state index is 11.4. The molecule has 0 unspecified atom stereocenters. The molecule has 0 aromatic rings. The summed E-state index contributed by atoms with van der Waals surface area (Å²) in [7, 11) is -3.59. The van der Waals surface area contributed by atoms with Gasteiger partial charge in [-0.2, -0.15) is 0 Å². The average molecular weight is 375 g/mol. The minimum atomic E-state index is -1.89. The normalized spacial score (nSPS) is 13.0. The molecule has 0 fully saturated rings. The van der Waals surface area contributed by atoms with Crippen LogP contribution < -0.4 is 0 Å². The zero-order valence-electron chi connectivity index (χ0n) is 17.1. The van der Waals surface area contributed by atoms with E-state index in [0.29, 0.717) is 12.2 Å². The van der Waals surface area contributed by atoms with Crippen molar-refractivity contribution >= 4 is 22.6 Å². The Morgan fingerprint density at radius 3 is 1.88 bits per heavy atom. The van der Waals surface area contributed by atoms with Gasteiger partial charge in [0.1, 0.15) is 5.79 Å². The van der Waals surface area contributed by atoms with Crippen molar-refractivity contribution in [1.82, 2.24) is 0 Å². The Hall–Kier alpha value is -0.436. The van der Waals surface area contributed by atoms with Gasteiger partial charge in [-0.25, -0.2) is 4.79 Å². The van der Waals surface area contributed by atoms with E-state index in [4.69, 9.17) is 13.6 Å². The fourth-order valence-electron chi connectivity index (χ4n) is 2.84. The second kappa shape index (κ2) is 9.89. The molecule has 0 saturated carbocycles. The van der Waals surface area contributed by atoms with Crippen LogP contribution in [0.1, 0.15) is 47.0 Å². The third kappa shape index (κ3) is 11.2. The highest BCUT2D eigenvalue weighted by atomic mass is 28.4. The predicted molar refractivity (Wildman–Crippen MR) is 106 cm³/mol. The van der Waals surface area contributed by atoms with Crippen LogP contribution in [-0.2, 0) is 18.4 Å². The first-order valence-corrected chi connectivity index (χ1v) is 15.3. The first-order valence-electron chi connectivity index (χ1n) is 9.03. The van der Waals surface area contributed by atoms with Gasteiger partial charge in [-0.1, -0.05) is 26.3 Å². The Morgan fingerprint density at radius 2 is 1.46 bits per heavy atom. The van der Waals surface area contributed by atoms with Crippen molar-refractivity contribution in [3.05, 3.63) is 12.2 Å². The molecule has 24 heavy (non-hydrogen) atoms. The van der Waals surface area contributed by atoms with E-state index in [0.717, 1.165) is 18.5 Å². The maximum Gasteiger partial charge on any atom is 0.333 e. The molecule has 0 N–H and O–H groups in total. The number of hydrogen-bond donors (Lipinski definition) is 0. The molecule has 0 bridgehead atoms. The van der Waals surface area contributed by atoms with Crippen LogP contribution in [0.25, 0.3) is 0 Å². The van der Waals surface area contributed by atoms with Gasteiger partial charge in [-0.05, 0) is 65.5 Å². The highest BCUT2D eigenvalue weighted by Gasteiger charge is 2.36. The second-order valence-electron chi connectivity index (χ2n) is 8.25. The number of carbonyl (C=O) groups excluding carboxylic acids is 1. The summed E-state index contributed by atoms with van der Waals surface area (Å²) in [6.45, 7) is 20.9. The van der Waals surface area contributed by atoms with E-state index in [-0.39, 0.29) is 5.97 Å². The van der Waals surface area contributed by atoms with Gasteiger partial charge in [-0.15, -0.1) is 0 Å². The summed E-state index contributed by atoms with van der Waals surface area (Å²) < 4.78 is 17.9. The van der Waals surface area contributed by atoms with Crippen molar-refractivity contribution in [2.24, 2.45) is 0 Å². The zero-order chi connectivity index (χ0) is 19.0. The molecule has 6 heteroatoms. The molecule has 4 nitrogen and oxygen atoms in total. The van der Waals surface area contributed by atoms with Crippen molar-refractivity contribution in [1.29, 1.82) is 0 Å². The van der Waals surface area contributed by atoms with E-state index in [9.17, 15) is 4.79 Å². The Morgan fingerprint density at radius 1 is 1.00 bits per heavy atom. The van der Waals surface area contributed by atoms with E-state index in [1.54, 1.807) is 6.92 Å². The molecule has 142 valence electrons. The highest BCUT2D eigenvalue weighted by Crippen LogP contribution is 2.28. The summed E-state index contributed by atoms with van der Waals surface area (Å²) in [6, 6.07) is 2.09. The Labute approximate surface area is 151 Å². The third-order valence-corrected chi connectivity index (χ3v) is 8.89. The fourth-order valence-corrected chi connectivity index (χ4v) is 8.08. The molecule has 0 aromatic carbocycles. The van der Waals surface area contributed by atoms with Gasteiger partial charge >= 0.3 is 5.97 Å². The quantitative estimate of drug-likeness (QED) is 0.149. The SMILES string of the molecule is C=C(C)C(=O)OCCC[Si](C)(C)OC(C)(C)O[Si](C)(C)CCCC. The van der Waals surface area contributed by atoms with Crippen LogP contribution in [0.2, 0.25) is 38.3 Å². The van der Waals surface area contributed by atoms with Crippen LogP contribution in [0.4, 0.5) is 0 Å². The van der Waals surface area contributed by atoms with Crippen molar-refractivity contribution in [3.8, 4) is 0 Å². The Bertz CT molecular complexity index is 417. The van der Waals surface area contributed by atoms with Gasteiger partial charge < -0.3 is 13.6 Å². The van der Waals surface area contributed by atoms with Crippen molar-refractivity contribution in [2.45, 2.75) is 91.0 Å². The number of unbranched alkanes of at least 4 members (excludes halogenated alkanes) is 1. The van der Waals surface area contributed by atoms with Crippen LogP contribution in [0.3, 0.4) is 0 Å². The van der Waals surface area contributed by atoms with E-state index >= 15 is 0 Å². The lowest BCUT2D eigenvalue weighted by Gasteiger charge is -2.40. The first kappa shape index (κ1) is 23.6. The molecule has 0 atom stereocenters. The summed E-state index contributed by atoms with van der Waals surface area (Å²) in [6.07, 6.45) is 3.22. The molecule has 0 spiro atoms. The van der Waals surface area contributed by atoms with Gasteiger partial charge in [0.15, 0.2) is 16.6 Å². The van der Waals surface area contributed by atoms with Crippen LogP contribution >= 0.6 is 0 Å². The zero-order valence-corrected chi connectivity index (χ0v) is 19.1. The van der Waals surface area contributed by atoms with Crippen LogP contribution in [0.15, 0.2) is 12.2 Å². The Kier molecular flexibility index (Phi) is 9.71. The second-order valence-corrected chi connectivity index (χ2v) is 16.7. The molecule has 0 heterocycles. The van der Waals surface area contributed by atoms with Crippen molar-refractivity contribution in [3.63, 3.8) is 0 Å². The highest BCUT2D eigenvalue weighted by molar-refractivity contribution is 6.72. The number of carbonyl (C=O) groups is 1. The number of hydrogen-bond acceptors (Lipinski definition) is 4. The minimum absolute atomic E-state index is 0.317. The standard InChI is InChI=1S/C18H38O4Si2/c1-10-11-14-23(6,7)21-18(4,5)22-24(8,9)15-12-13-20-17(19)16(2)3/h2,10-15H2,1,3-9H3. The number of rotatable bonds is 12. The van der Waals surface area contributed by atoms with E-state index < -0.39 is 22.4 Å². The van der Waals surface area contributed by atoms with E-state index in [1.807, 2.05) is 13.8 Å². The molecule has 0 aliphatic heterocycles. The van der Waals surface area contributed by atoms with Crippen molar-refractivity contribution < 1.29 is 18.4 Å². The van der Waals surface area contributed by atoms with Gasteiger partial charge in [0.25, 0.3) is 0 Å². The molecule has 0 aliphatic carbocycles. The molecule has 0 aliphatic rings. The van der Waals surface area contributed by atoms with Crippen LogP contribution in [-0.4, -0.2) is 35.0 Å². The monoisotopic (exact) mass is 374 g/mol. The molecular formula is C18H38O4Si2. The fraction of sp³-hybridized carbons (Fsp3) is 0.833. The first-order chi connectivity index (χ1) is 10.8. The maximum atomic E-state index is 11.4. The summed E-state index contributed by atoms with van der Waals surface area (Å²) >= 11 is 0. The topological polar surface area (TPSA) is 44.8 Å². The van der Waals surface area contributed by atoms with Gasteiger partial charge in [-0.3, -0.25) is 0 Å². The van der Waals surface area contributed by atoms with Gasteiger partial charge in [0.05, 0.1) is 6.61 Å². The summed E-state index contributed by atoms with van der Waals surface area (Å²) in [5, 5.41) is 0. The summed E-state index contributed by atoms with van der Waals surface area (Å²) in [4.78, 5) is 11.4. The van der Waals surface area contributed by atoms with E-state index in [2.05, 4.69) is 39.7 Å². The lowest BCUT2D eigenvalue weighted by Crippen LogP contribution is -2.48. The number of ether oxygens (including phenoxy) is 1. The van der Waals surface area contributed by atoms with E-state index in [1.165, 1.54) is 12.8 Å². The minimum Gasteiger partial charge on any atom is -0.462 e. The molecule has 0 radical (unpaired) electrons. The lowest BCUT2D eigenvalue weighted by molar-refractivity contribution is -0.139. The van der Waals surface area contributed by atoms with Crippen molar-refractivity contribution in [2.75, 3.05) is 6.61 Å². The number of esters is 1. The predicted octanol–water partition coefficient (Wildman–Crippen LogP) is 5.48. The molecule has 0 aromatic heterocycles. The Balaban J connectivity index is 4.39. The molecule has 0 saturated heterocycles. The molecular weight excluding hydrogens is 336 g/mol.